The number of hydrogen-bond donors (Lipinski definition) is 0. The third kappa shape index (κ3) is 5.45. The van der Waals surface area contributed by atoms with Crippen molar-refractivity contribution in [3.05, 3.63) is 71.3 Å². The van der Waals surface area contributed by atoms with E-state index in [4.69, 9.17) is 9.47 Å². The van der Waals surface area contributed by atoms with E-state index < -0.39 is 18.0 Å². The smallest absolute Gasteiger partial charge is 0.352 e. The third-order valence-corrected chi connectivity index (χ3v) is 3.84. The molecule has 2 aromatic rings. The normalized spacial score (nSPS) is 11.6. The largest absolute Gasteiger partial charge is 0.463 e. The molecule has 1 atom stereocenters. The zero-order chi connectivity index (χ0) is 18.1. The van der Waals surface area contributed by atoms with Crippen LogP contribution < -0.4 is 0 Å². The fraction of sp³-hybridized carbons (Fsp3) is 0.333. The SMILES string of the molecule is CCCCc1ccc(C(=O)OC(C(=O)OCC)c2ccccc2)cc1. The van der Waals surface area contributed by atoms with E-state index in [1.165, 1.54) is 5.56 Å². The summed E-state index contributed by atoms with van der Waals surface area (Å²) < 4.78 is 10.5. The summed E-state index contributed by atoms with van der Waals surface area (Å²) in [5, 5.41) is 0. The van der Waals surface area contributed by atoms with E-state index in [1.807, 2.05) is 18.2 Å². The summed E-state index contributed by atoms with van der Waals surface area (Å²) in [5.74, 6) is -1.11. The Labute approximate surface area is 148 Å². The van der Waals surface area contributed by atoms with E-state index in [0.29, 0.717) is 11.1 Å². The minimum absolute atomic E-state index is 0.228. The van der Waals surface area contributed by atoms with Crippen molar-refractivity contribution in [2.45, 2.75) is 39.2 Å². The van der Waals surface area contributed by atoms with E-state index >= 15 is 0 Å². The summed E-state index contributed by atoms with van der Waals surface area (Å²) in [7, 11) is 0. The highest BCUT2D eigenvalue weighted by Crippen LogP contribution is 2.21. The molecule has 132 valence electrons. The van der Waals surface area contributed by atoms with Crippen LogP contribution in [0, 0.1) is 0 Å². The highest BCUT2D eigenvalue weighted by atomic mass is 16.6. The molecular formula is C21H24O4. The van der Waals surface area contributed by atoms with Gasteiger partial charge in [-0.1, -0.05) is 55.8 Å². The summed E-state index contributed by atoms with van der Waals surface area (Å²) >= 11 is 0. The predicted molar refractivity (Wildman–Crippen MR) is 96.3 cm³/mol. The summed E-state index contributed by atoms with van der Waals surface area (Å²) in [6.07, 6.45) is 2.17. The van der Waals surface area contributed by atoms with Crippen LogP contribution >= 0.6 is 0 Å². The molecule has 0 saturated heterocycles. The molecule has 0 amide bonds. The first kappa shape index (κ1) is 18.7. The molecule has 4 nitrogen and oxygen atoms in total. The van der Waals surface area contributed by atoms with E-state index in [0.717, 1.165) is 19.3 Å². The van der Waals surface area contributed by atoms with Gasteiger partial charge in [0.15, 0.2) is 0 Å². The van der Waals surface area contributed by atoms with Gasteiger partial charge in [0.2, 0.25) is 6.10 Å². The Morgan fingerprint density at radius 2 is 1.64 bits per heavy atom. The minimum Gasteiger partial charge on any atom is -0.463 e. The molecule has 0 aliphatic heterocycles. The standard InChI is InChI=1S/C21H24O4/c1-3-5-9-16-12-14-18(15-13-16)20(22)25-19(21(23)24-4-2)17-10-7-6-8-11-17/h6-8,10-15,19H,3-5,9H2,1-2H3. The van der Waals surface area contributed by atoms with Crippen LogP contribution in [0.15, 0.2) is 54.6 Å². The number of hydrogen-bond acceptors (Lipinski definition) is 4. The molecule has 0 aromatic heterocycles. The predicted octanol–water partition coefficient (Wildman–Crippen LogP) is 4.49. The van der Waals surface area contributed by atoms with Gasteiger partial charge in [-0.25, -0.2) is 9.59 Å². The van der Waals surface area contributed by atoms with Crippen LogP contribution in [0.3, 0.4) is 0 Å². The lowest BCUT2D eigenvalue weighted by molar-refractivity contribution is -0.153. The number of carbonyl (C=O) groups is 2. The maximum Gasteiger partial charge on any atom is 0.352 e. The number of unbranched alkanes of at least 4 members (excludes halogenated alkanes) is 1. The molecule has 0 spiro atoms. The zero-order valence-corrected chi connectivity index (χ0v) is 14.7. The van der Waals surface area contributed by atoms with E-state index in [1.54, 1.807) is 43.3 Å². The van der Waals surface area contributed by atoms with Gasteiger partial charge in [-0.2, -0.15) is 0 Å². The minimum atomic E-state index is -1.06. The highest BCUT2D eigenvalue weighted by Gasteiger charge is 2.26. The van der Waals surface area contributed by atoms with Crippen molar-refractivity contribution in [3.63, 3.8) is 0 Å². The van der Waals surface area contributed by atoms with Gasteiger partial charge in [-0.3, -0.25) is 0 Å². The Morgan fingerprint density at radius 3 is 2.24 bits per heavy atom. The van der Waals surface area contributed by atoms with Crippen molar-refractivity contribution in [2.75, 3.05) is 6.61 Å². The second-order valence-electron chi connectivity index (χ2n) is 5.75. The van der Waals surface area contributed by atoms with Crippen LogP contribution in [-0.2, 0) is 20.7 Å². The van der Waals surface area contributed by atoms with Crippen molar-refractivity contribution >= 4 is 11.9 Å². The van der Waals surface area contributed by atoms with Gasteiger partial charge in [0.25, 0.3) is 0 Å². The molecule has 0 saturated carbocycles. The molecule has 2 rings (SSSR count). The van der Waals surface area contributed by atoms with E-state index in [2.05, 4.69) is 6.92 Å². The molecule has 0 bridgehead atoms. The summed E-state index contributed by atoms with van der Waals surface area (Å²) in [6, 6.07) is 16.2. The second kappa shape index (κ2) is 9.62. The van der Waals surface area contributed by atoms with Crippen LogP contribution in [0.5, 0.6) is 0 Å². The quantitative estimate of drug-likeness (QED) is 0.664. The molecule has 0 aliphatic rings. The maximum absolute atomic E-state index is 12.4. The van der Waals surface area contributed by atoms with Crippen molar-refractivity contribution in [2.24, 2.45) is 0 Å². The molecule has 25 heavy (non-hydrogen) atoms. The molecule has 0 heterocycles. The molecule has 0 radical (unpaired) electrons. The lowest BCUT2D eigenvalue weighted by atomic mass is 10.1. The summed E-state index contributed by atoms with van der Waals surface area (Å²) in [5.41, 5.74) is 2.20. The fourth-order valence-electron chi connectivity index (χ4n) is 2.46. The van der Waals surface area contributed by atoms with Crippen LogP contribution in [0.1, 0.15) is 54.3 Å². The first-order chi connectivity index (χ1) is 12.2. The molecular weight excluding hydrogens is 316 g/mol. The number of aryl methyl sites for hydroxylation is 1. The maximum atomic E-state index is 12.4. The fourth-order valence-corrected chi connectivity index (χ4v) is 2.46. The zero-order valence-electron chi connectivity index (χ0n) is 14.7. The Bertz CT molecular complexity index is 677. The van der Waals surface area contributed by atoms with Crippen molar-refractivity contribution in [3.8, 4) is 0 Å². The topological polar surface area (TPSA) is 52.6 Å². The third-order valence-electron chi connectivity index (χ3n) is 3.84. The van der Waals surface area contributed by atoms with Crippen LogP contribution in [-0.4, -0.2) is 18.5 Å². The number of esters is 2. The highest BCUT2D eigenvalue weighted by molar-refractivity contribution is 5.91. The average Bonchev–Trinajstić information content (AvgIpc) is 2.65. The van der Waals surface area contributed by atoms with Gasteiger partial charge in [0.1, 0.15) is 0 Å². The number of carbonyl (C=O) groups excluding carboxylic acids is 2. The molecule has 0 fully saturated rings. The molecule has 4 heteroatoms. The van der Waals surface area contributed by atoms with Gasteiger partial charge in [0.05, 0.1) is 12.2 Å². The van der Waals surface area contributed by atoms with Crippen molar-refractivity contribution < 1.29 is 19.1 Å². The van der Waals surface area contributed by atoms with Crippen LogP contribution in [0.4, 0.5) is 0 Å². The summed E-state index contributed by atoms with van der Waals surface area (Å²) in [6.45, 7) is 4.09. The van der Waals surface area contributed by atoms with Gasteiger partial charge in [0, 0.05) is 5.56 Å². The van der Waals surface area contributed by atoms with Gasteiger partial charge >= 0.3 is 11.9 Å². The monoisotopic (exact) mass is 340 g/mol. The van der Waals surface area contributed by atoms with Crippen LogP contribution in [0.25, 0.3) is 0 Å². The van der Waals surface area contributed by atoms with Gasteiger partial charge < -0.3 is 9.47 Å². The molecule has 2 aromatic carbocycles. The second-order valence-corrected chi connectivity index (χ2v) is 5.75. The van der Waals surface area contributed by atoms with E-state index in [9.17, 15) is 9.59 Å². The Morgan fingerprint density at radius 1 is 0.960 bits per heavy atom. The van der Waals surface area contributed by atoms with Gasteiger partial charge in [-0.15, -0.1) is 0 Å². The molecule has 0 N–H and O–H groups in total. The Hall–Kier alpha value is -2.62. The lowest BCUT2D eigenvalue weighted by Crippen LogP contribution is -2.22. The van der Waals surface area contributed by atoms with E-state index in [-0.39, 0.29) is 6.61 Å². The van der Waals surface area contributed by atoms with Crippen molar-refractivity contribution in [1.82, 2.24) is 0 Å². The molecule has 0 aliphatic carbocycles. The number of ether oxygens (including phenoxy) is 2. The van der Waals surface area contributed by atoms with Crippen LogP contribution in [0.2, 0.25) is 0 Å². The number of rotatable bonds is 8. The first-order valence-corrected chi connectivity index (χ1v) is 8.67. The summed E-state index contributed by atoms with van der Waals surface area (Å²) in [4.78, 5) is 24.6. The lowest BCUT2D eigenvalue weighted by Gasteiger charge is -2.17. The van der Waals surface area contributed by atoms with Crippen molar-refractivity contribution in [1.29, 1.82) is 0 Å². The van der Waals surface area contributed by atoms with Gasteiger partial charge in [-0.05, 0) is 37.5 Å². The average molecular weight is 340 g/mol. The first-order valence-electron chi connectivity index (χ1n) is 8.67. The molecule has 1 unspecified atom stereocenters. The Kier molecular flexibility index (Phi) is 7.20. The number of benzene rings is 2. The Balaban J connectivity index is 2.12.